The third kappa shape index (κ3) is 3.04. The Morgan fingerprint density at radius 2 is 1.62 bits per heavy atom. The van der Waals surface area contributed by atoms with Gasteiger partial charge in [0.1, 0.15) is 5.28 Å². The molecule has 0 aliphatic heterocycles. The van der Waals surface area contributed by atoms with Crippen LogP contribution in [0.5, 0.6) is 0 Å². The fraction of sp³-hybridized carbons (Fsp3) is 1.00. The summed E-state index contributed by atoms with van der Waals surface area (Å²) in [5, 5.41) is 9.37. The van der Waals surface area contributed by atoms with Crippen LogP contribution in [-0.4, -0.2) is 18.5 Å². The van der Waals surface area contributed by atoms with E-state index in [9.17, 15) is 9.77 Å². The number of hydrogen-bond acceptors (Lipinski definition) is 4. The molecule has 0 aliphatic rings. The number of nitrogens with one attached hydrogen (secondary N) is 1. The van der Waals surface area contributed by atoms with Gasteiger partial charge in [0.25, 0.3) is 0 Å². The molecule has 6 heteroatoms. The van der Waals surface area contributed by atoms with Gasteiger partial charge in [0.2, 0.25) is 0 Å². The molecule has 1 radical (unpaired) electrons. The molecule has 0 aromatic heterocycles. The molecular formula is C7H17NO4P. The van der Waals surface area contributed by atoms with Crippen LogP contribution in [0.15, 0.2) is 0 Å². The Labute approximate surface area is 78.9 Å². The smallest absolute Gasteiger partial charge is 0.308 e. The van der Waals surface area contributed by atoms with Gasteiger partial charge in [0.15, 0.2) is 0 Å². The molecule has 0 aromatic rings. The normalized spacial score (nSPS) is 13.3. The Balaban J connectivity index is 4.67. The van der Waals surface area contributed by atoms with E-state index < -0.39 is 12.9 Å². The molecule has 13 heavy (non-hydrogen) atoms. The quantitative estimate of drug-likeness (QED) is 0.537. The third-order valence-corrected chi connectivity index (χ3v) is 4.19. The van der Waals surface area contributed by atoms with Crippen molar-refractivity contribution in [2.45, 2.75) is 33.0 Å². The lowest BCUT2D eigenvalue weighted by Gasteiger charge is -2.30. The molecule has 79 valence electrons. The van der Waals surface area contributed by atoms with E-state index in [1.807, 2.05) is 0 Å². The Morgan fingerprint density at radius 1 is 1.23 bits per heavy atom. The molecule has 0 saturated carbocycles. The molecule has 0 rings (SSSR count). The Hall–Kier alpha value is 0.0700. The van der Waals surface area contributed by atoms with Crippen molar-refractivity contribution >= 4 is 7.60 Å². The van der Waals surface area contributed by atoms with Crippen LogP contribution in [0.4, 0.5) is 0 Å². The van der Waals surface area contributed by atoms with Crippen LogP contribution in [0, 0.1) is 0 Å². The maximum atomic E-state index is 12.0. The van der Waals surface area contributed by atoms with Crippen molar-refractivity contribution in [3.05, 3.63) is 0 Å². The molecule has 0 bridgehead atoms. The van der Waals surface area contributed by atoms with Crippen molar-refractivity contribution in [1.82, 2.24) is 5.48 Å². The fourth-order valence-electron chi connectivity index (χ4n) is 0.756. The van der Waals surface area contributed by atoms with E-state index in [0.29, 0.717) is 0 Å². The van der Waals surface area contributed by atoms with Gasteiger partial charge in [-0.25, -0.2) is 0 Å². The van der Waals surface area contributed by atoms with Crippen LogP contribution < -0.4 is 5.48 Å². The summed E-state index contributed by atoms with van der Waals surface area (Å²) in [7, 11) is -3.35. The largest absolute Gasteiger partial charge is 0.352 e. The minimum atomic E-state index is -3.35. The summed E-state index contributed by atoms with van der Waals surface area (Å²) < 4.78 is 22.0. The molecule has 0 saturated heterocycles. The molecule has 0 amide bonds. The predicted molar refractivity (Wildman–Crippen MR) is 48.8 cm³/mol. The number of hydrogen-bond donors (Lipinski definition) is 1. The molecule has 0 atom stereocenters. The third-order valence-electron chi connectivity index (χ3n) is 1.53. The Kier molecular flexibility index (Phi) is 5.10. The zero-order chi connectivity index (χ0) is 10.5. The second-order valence-electron chi connectivity index (χ2n) is 2.99. The lowest BCUT2D eigenvalue weighted by molar-refractivity contribution is 0.0247. The minimum Gasteiger partial charge on any atom is -0.308 e. The van der Waals surface area contributed by atoms with E-state index in [-0.39, 0.29) is 13.2 Å². The summed E-state index contributed by atoms with van der Waals surface area (Å²) >= 11 is 0. The summed E-state index contributed by atoms with van der Waals surface area (Å²) in [5.41, 5.74) is 1.69. The summed E-state index contributed by atoms with van der Waals surface area (Å²) in [4.78, 5) is 0. The fourth-order valence-corrected chi connectivity index (χ4v) is 2.27. The Bertz CT molecular complexity index is 185. The van der Waals surface area contributed by atoms with Gasteiger partial charge in [-0.15, -0.1) is 5.21 Å². The topological polar surface area (TPSA) is 67.5 Å². The van der Waals surface area contributed by atoms with Crippen molar-refractivity contribution < 1.29 is 18.8 Å². The van der Waals surface area contributed by atoms with Gasteiger partial charge in [-0.2, -0.15) is 5.48 Å². The lowest BCUT2D eigenvalue weighted by Crippen LogP contribution is -2.37. The average molecular weight is 210 g/mol. The van der Waals surface area contributed by atoms with Crippen LogP contribution in [0.2, 0.25) is 0 Å². The first-order valence-corrected chi connectivity index (χ1v) is 5.76. The molecule has 0 spiro atoms. The van der Waals surface area contributed by atoms with Crippen molar-refractivity contribution in [2.75, 3.05) is 13.2 Å². The number of hydroxylamine groups is 1. The highest BCUT2D eigenvalue weighted by Gasteiger charge is 2.43. The van der Waals surface area contributed by atoms with E-state index in [2.05, 4.69) is 0 Å². The van der Waals surface area contributed by atoms with Crippen LogP contribution in [0.1, 0.15) is 27.7 Å². The van der Waals surface area contributed by atoms with Gasteiger partial charge in [-0.3, -0.25) is 4.57 Å². The van der Waals surface area contributed by atoms with Crippen molar-refractivity contribution in [1.29, 1.82) is 0 Å². The predicted octanol–water partition coefficient (Wildman–Crippen LogP) is 1.92. The van der Waals surface area contributed by atoms with Gasteiger partial charge in [0, 0.05) is 0 Å². The molecule has 0 heterocycles. The van der Waals surface area contributed by atoms with E-state index in [1.165, 1.54) is 13.8 Å². The molecule has 0 aromatic carbocycles. The highest BCUT2D eigenvalue weighted by Crippen LogP contribution is 2.58. The van der Waals surface area contributed by atoms with Crippen LogP contribution >= 0.6 is 7.60 Å². The standard InChI is InChI=1S/C7H17NO4P/c1-5-11-13(10,12-6-2)7(3,4)8-9/h8H,5-6H2,1-4H3. The van der Waals surface area contributed by atoms with E-state index in [4.69, 9.17) is 9.05 Å². The molecule has 5 nitrogen and oxygen atoms in total. The van der Waals surface area contributed by atoms with Crippen LogP contribution in [0.25, 0.3) is 0 Å². The SMILES string of the molecule is CCOP(=O)(OCC)C(C)(C)N[O]. The molecule has 0 unspecified atom stereocenters. The van der Waals surface area contributed by atoms with Crippen molar-refractivity contribution in [2.24, 2.45) is 0 Å². The van der Waals surface area contributed by atoms with Crippen molar-refractivity contribution in [3.8, 4) is 0 Å². The summed E-state index contributed by atoms with van der Waals surface area (Å²) in [5.74, 6) is 0. The first-order valence-electron chi connectivity index (χ1n) is 4.22. The lowest BCUT2D eigenvalue weighted by atomic mass is 10.4. The maximum Gasteiger partial charge on any atom is 0.352 e. The van der Waals surface area contributed by atoms with Crippen LogP contribution in [-0.2, 0) is 18.8 Å². The molecule has 1 N–H and O–H groups in total. The highest BCUT2D eigenvalue weighted by molar-refractivity contribution is 7.55. The van der Waals surface area contributed by atoms with Gasteiger partial charge in [0.05, 0.1) is 13.2 Å². The monoisotopic (exact) mass is 210 g/mol. The highest BCUT2D eigenvalue weighted by atomic mass is 31.2. The zero-order valence-corrected chi connectivity index (χ0v) is 9.39. The summed E-state index contributed by atoms with van der Waals surface area (Å²) in [6.45, 7) is 6.89. The van der Waals surface area contributed by atoms with E-state index in [0.717, 1.165) is 0 Å². The van der Waals surface area contributed by atoms with Crippen molar-refractivity contribution in [3.63, 3.8) is 0 Å². The van der Waals surface area contributed by atoms with Gasteiger partial charge >= 0.3 is 7.60 Å². The first-order chi connectivity index (χ1) is 5.93. The zero-order valence-electron chi connectivity index (χ0n) is 8.49. The second-order valence-corrected chi connectivity index (χ2v) is 5.62. The molecular weight excluding hydrogens is 193 g/mol. The molecule has 0 fully saturated rings. The minimum absolute atomic E-state index is 0.252. The van der Waals surface area contributed by atoms with Gasteiger partial charge in [-0.05, 0) is 27.7 Å². The van der Waals surface area contributed by atoms with E-state index >= 15 is 0 Å². The summed E-state index contributed by atoms with van der Waals surface area (Å²) in [6, 6.07) is 0. The molecule has 0 aliphatic carbocycles. The average Bonchev–Trinajstić information content (AvgIpc) is 2.05. The van der Waals surface area contributed by atoms with Crippen LogP contribution in [0.3, 0.4) is 0 Å². The first kappa shape index (κ1) is 13.1. The second kappa shape index (κ2) is 5.08. The summed E-state index contributed by atoms with van der Waals surface area (Å²) in [6.07, 6.45) is 0. The van der Waals surface area contributed by atoms with Gasteiger partial charge < -0.3 is 9.05 Å². The number of rotatable bonds is 6. The van der Waals surface area contributed by atoms with E-state index in [1.54, 1.807) is 19.3 Å². The van der Waals surface area contributed by atoms with Gasteiger partial charge in [-0.1, -0.05) is 0 Å². The Morgan fingerprint density at radius 3 is 1.85 bits per heavy atom. The maximum absolute atomic E-state index is 12.0.